The molecule has 0 aliphatic carbocycles. The smallest absolute Gasteiger partial charge is 0.296 e. The van der Waals surface area contributed by atoms with E-state index in [9.17, 15) is 9.35 Å². The van der Waals surface area contributed by atoms with Crippen molar-refractivity contribution < 1.29 is 19.3 Å². The van der Waals surface area contributed by atoms with E-state index in [4.69, 9.17) is 9.94 Å². The Morgan fingerprint density at radius 2 is 1.81 bits per heavy atom. The molecule has 2 unspecified atom stereocenters. The van der Waals surface area contributed by atoms with Crippen LogP contribution in [0.1, 0.15) is 44.6 Å². The summed E-state index contributed by atoms with van der Waals surface area (Å²) in [6.07, 6.45) is 4.42. The second kappa shape index (κ2) is 11.6. The van der Waals surface area contributed by atoms with Gasteiger partial charge in [0.2, 0.25) is 5.25 Å². The Balaban J connectivity index is 1.96. The number of rotatable bonds is 11. The van der Waals surface area contributed by atoms with E-state index in [1.165, 1.54) is 0 Å². The zero-order valence-electron chi connectivity index (χ0n) is 15.6. The first kappa shape index (κ1) is 21.3. The van der Waals surface area contributed by atoms with Gasteiger partial charge >= 0.3 is 0 Å². The van der Waals surface area contributed by atoms with Crippen molar-refractivity contribution >= 4 is 17.1 Å². The predicted octanol–water partition coefficient (Wildman–Crippen LogP) is 4.22. The Morgan fingerprint density at radius 3 is 2.44 bits per heavy atom. The zero-order valence-corrected chi connectivity index (χ0v) is 16.4. The summed E-state index contributed by atoms with van der Waals surface area (Å²) >= 11 is -1.53. The van der Waals surface area contributed by atoms with Gasteiger partial charge < -0.3 is 9.29 Å². The molecule has 146 valence electrons. The highest BCUT2D eigenvalue weighted by atomic mass is 32.2. The Hall–Kier alpha value is -2.02. The third-order valence-corrected chi connectivity index (χ3v) is 5.99. The normalized spacial score (nSPS) is 13.0. The molecule has 2 aromatic carbocycles. The van der Waals surface area contributed by atoms with E-state index in [2.05, 4.69) is 6.92 Å². The van der Waals surface area contributed by atoms with Gasteiger partial charge in [0, 0.05) is 6.42 Å². The first-order valence-corrected chi connectivity index (χ1v) is 10.5. The number of benzene rings is 2. The van der Waals surface area contributed by atoms with Gasteiger partial charge in [0.05, 0.1) is 0 Å². The van der Waals surface area contributed by atoms with Gasteiger partial charge in [-0.15, -0.1) is 0 Å². The second-order valence-electron chi connectivity index (χ2n) is 6.36. The fourth-order valence-corrected chi connectivity index (χ4v) is 4.10. The van der Waals surface area contributed by atoms with Crippen molar-refractivity contribution in [3.8, 4) is 5.75 Å². The van der Waals surface area contributed by atoms with Crippen LogP contribution in [0.15, 0.2) is 59.5 Å². The van der Waals surface area contributed by atoms with Gasteiger partial charge in [0.25, 0.3) is 5.91 Å². The first-order chi connectivity index (χ1) is 13.2. The van der Waals surface area contributed by atoms with Crippen molar-refractivity contribution in [1.29, 1.82) is 0 Å². The molecule has 0 aromatic heterocycles. The van der Waals surface area contributed by atoms with Crippen molar-refractivity contribution in [2.45, 2.75) is 55.8 Å². The molecule has 0 saturated heterocycles. The van der Waals surface area contributed by atoms with E-state index in [1.54, 1.807) is 29.7 Å². The molecule has 0 heterocycles. The number of amides is 1. The van der Waals surface area contributed by atoms with Crippen LogP contribution in [0.2, 0.25) is 0 Å². The van der Waals surface area contributed by atoms with Crippen molar-refractivity contribution in [1.82, 2.24) is 5.48 Å². The summed E-state index contributed by atoms with van der Waals surface area (Å²) in [4.78, 5) is 12.5. The number of hydrogen-bond acceptors (Lipinski definition) is 4. The minimum atomic E-state index is -1.53. The monoisotopic (exact) mass is 389 g/mol. The van der Waals surface area contributed by atoms with E-state index in [0.717, 1.165) is 31.2 Å². The predicted molar refractivity (Wildman–Crippen MR) is 106 cm³/mol. The minimum Gasteiger partial charge on any atom is -0.611 e. The van der Waals surface area contributed by atoms with Crippen LogP contribution in [0, 0.1) is 0 Å². The molecule has 0 spiro atoms. The standard InChI is InChI=1S/C21H27NO4S/c1-2-3-4-8-11-20(21(23)22-24)27(25)19-14-12-18(13-15-19)26-16-17-9-6-5-7-10-17/h5-7,9-10,12-15,20,24H,2-4,8,11,16H2,1H3,(H,22,23). The Labute approximate surface area is 163 Å². The van der Waals surface area contributed by atoms with E-state index >= 15 is 0 Å². The molecule has 0 bridgehead atoms. The lowest BCUT2D eigenvalue weighted by atomic mass is 10.1. The average molecular weight is 390 g/mol. The quantitative estimate of drug-likeness (QED) is 0.261. The lowest BCUT2D eigenvalue weighted by molar-refractivity contribution is -0.128. The number of hydrogen-bond donors (Lipinski definition) is 2. The molecule has 1 amide bonds. The zero-order chi connectivity index (χ0) is 19.5. The summed E-state index contributed by atoms with van der Waals surface area (Å²) in [5.41, 5.74) is 2.72. The Bertz CT molecular complexity index is 678. The van der Waals surface area contributed by atoms with Crippen molar-refractivity contribution in [3.05, 3.63) is 60.2 Å². The summed E-state index contributed by atoms with van der Waals surface area (Å²) in [5.74, 6) is 0.0694. The van der Waals surface area contributed by atoms with Gasteiger partial charge in [0.1, 0.15) is 12.4 Å². The molecular formula is C21H27NO4S. The number of nitrogens with one attached hydrogen (secondary N) is 1. The molecular weight excluding hydrogens is 362 g/mol. The molecule has 2 atom stereocenters. The van der Waals surface area contributed by atoms with Crippen molar-refractivity contribution in [3.63, 3.8) is 0 Å². The highest BCUT2D eigenvalue weighted by molar-refractivity contribution is 7.92. The summed E-state index contributed by atoms with van der Waals surface area (Å²) in [5, 5.41) is 8.21. The van der Waals surface area contributed by atoms with Gasteiger partial charge in [-0.1, -0.05) is 56.5 Å². The average Bonchev–Trinajstić information content (AvgIpc) is 2.72. The molecule has 0 aliphatic rings. The Kier molecular flexibility index (Phi) is 9.18. The maximum absolute atomic E-state index is 12.8. The summed E-state index contributed by atoms with van der Waals surface area (Å²) < 4.78 is 18.5. The summed E-state index contributed by atoms with van der Waals surface area (Å²) in [6, 6.07) is 16.8. The van der Waals surface area contributed by atoms with E-state index in [-0.39, 0.29) is 0 Å². The maximum Gasteiger partial charge on any atom is 0.296 e. The lowest BCUT2D eigenvalue weighted by Crippen LogP contribution is -2.38. The Morgan fingerprint density at radius 1 is 1.11 bits per heavy atom. The maximum atomic E-state index is 12.8. The molecule has 0 saturated carbocycles. The SMILES string of the molecule is CCCCCCC(C(=O)NO)[S+]([O-])c1ccc(OCc2ccccc2)cc1. The van der Waals surface area contributed by atoms with Crippen LogP contribution in [-0.2, 0) is 22.6 Å². The molecule has 27 heavy (non-hydrogen) atoms. The largest absolute Gasteiger partial charge is 0.611 e. The van der Waals surface area contributed by atoms with Crippen LogP contribution in [0.3, 0.4) is 0 Å². The summed E-state index contributed by atoms with van der Waals surface area (Å²) in [7, 11) is 0. The van der Waals surface area contributed by atoms with Gasteiger partial charge in [-0.2, -0.15) is 0 Å². The fraction of sp³-hybridized carbons (Fsp3) is 0.381. The van der Waals surface area contributed by atoms with Crippen molar-refractivity contribution in [2.75, 3.05) is 0 Å². The number of ether oxygens (including phenoxy) is 1. The highest BCUT2D eigenvalue weighted by Crippen LogP contribution is 2.24. The van der Waals surface area contributed by atoms with Crippen molar-refractivity contribution in [2.24, 2.45) is 0 Å². The third-order valence-electron chi connectivity index (χ3n) is 4.29. The van der Waals surface area contributed by atoms with Crippen LogP contribution >= 0.6 is 0 Å². The number of carbonyl (C=O) groups is 1. The van der Waals surface area contributed by atoms with Crippen LogP contribution in [0.5, 0.6) is 5.75 Å². The molecule has 0 aliphatic heterocycles. The van der Waals surface area contributed by atoms with E-state index in [1.807, 2.05) is 30.3 Å². The van der Waals surface area contributed by atoms with Gasteiger partial charge in [0.15, 0.2) is 4.90 Å². The molecule has 0 fully saturated rings. The molecule has 2 aromatic rings. The van der Waals surface area contributed by atoms with Crippen LogP contribution in [-0.4, -0.2) is 20.9 Å². The second-order valence-corrected chi connectivity index (χ2v) is 7.99. The van der Waals surface area contributed by atoms with Crippen LogP contribution < -0.4 is 10.2 Å². The molecule has 6 heteroatoms. The third kappa shape index (κ3) is 6.90. The van der Waals surface area contributed by atoms with Crippen LogP contribution in [0.4, 0.5) is 0 Å². The first-order valence-electron chi connectivity index (χ1n) is 9.27. The molecule has 2 N–H and O–H groups in total. The highest BCUT2D eigenvalue weighted by Gasteiger charge is 2.31. The van der Waals surface area contributed by atoms with E-state index < -0.39 is 22.3 Å². The lowest BCUT2D eigenvalue weighted by Gasteiger charge is -2.20. The van der Waals surface area contributed by atoms with E-state index in [0.29, 0.717) is 23.7 Å². The van der Waals surface area contributed by atoms with Gasteiger partial charge in [-0.3, -0.25) is 10.0 Å². The number of unbranched alkanes of at least 4 members (excludes halogenated alkanes) is 3. The van der Waals surface area contributed by atoms with Crippen LogP contribution in [0.25, 0.3) is 0 Å². The molecule has 2 rings (SSSR count). The van der Waals surface area contributed by atoms with Gasteiger partial charge in [-0.25, -0.2) is 5.48 Å². The fourth-order valence-electron chi connectivity index (χ4n) is 2.74. The number of carbonyl (C=O) groups excluding carboxylic acids is 1. The molecule has 5 nitrogen and oxygen atoms in total. The minimum absolute atomic E-state index is 0.455. The topological polar surface area (TPSA) is 81.6 Å². The summed E-state index contributed by atoms with van der Waals surface area (Å²) in [6.45, 7) is 2.56. The van der Waals surface area contributed by atoms with Gasteiger partial charge in [-0.05, 0) is 47.4 Å². The molecule has 0 radical (unpaired) electrons. The number of hydroxylamine groups is 1.